The van der Waals surface area contributed by atoms with Crippen molar-refractivity contribution >= 4 is 5.97 Å². The van der Waals surface area contributed by atoms with Gasteiger partial charge < -0.3 is 9.15 Å². The lowest BCUT2D eigenvalue weighted by Gasteiger charge is -2.05. The van der Waals surface area contributed by atoms with E-state index in [4.69, 9.17) is 9.15 Å². The molecule has 0 radical (unpaired) electrons. The van der Waals surface area contributed by atoms with Crippen molar-refractivity contribution in [3.05, 3.63) is 71.4 Å². The molecule has 3 rings (SSSR count). The molecule has 24 heavy (non-hydrogen) atoms. The number of hydrogen-bond acceptors (Lipinski definition) is 5. The maximum Gasteiger partial charge on any atom is 0.338 e. The molecule has 0 spiro atoms. The number of hydrogen-bond donors (Lipinski definition) is 0. The minimum absolute atomic E-state index is 0.297. The first kappa shape index (κ1) is 15.9. The van der Waals surface area contributed by atoms with Crippen molar-refractivity contribution in [2.75, 3.05) is 6.61 Å². The summed E-state index contributed by atoms with van der Waals surface area (Å²) in [4.78, 5) is 11.7. The molecule has 2 aromatic carbocycles. The van der Waals surface area contributed by atoms with Crippen LogP contribution < -0.4 is 0 Å². The molecule has 0 saturated heterocycles. The summed E-state index contributed by atoms with van der Waals surface area (Å²) in [6, 6.07) is 15.5. The fourth-order valence-corrected chi connectivity index (χ4v) is 2.41. The summed E-state index contributed by atoms with van der Waals surface area (Å²) in [5.74, 6) is 0.886. The fourth-order valence-electron chi connectivity index (χ4n) is 2.41. The van der Waals surface area contributed by atoms with Gasteiger partial charge >= 0.3 is 5.97 Å². The largest absolute Gasteiger partial charge is 0.462 e. The Morgan fingerprint density at radius 3 is 2.17 bits per heavy atom. The zero-order valence-corrected chi connectivity index (χ0v) is 13.7. The van der Waals surface area contributed by atoms with E-state index in [0.717, 1.165) is 16.7 Å². The average molecular weight is 322 g/mol. The maximum absolute atomic E-state index is 11.7. The third-order valence-electron chi connectivity index (χ3n) is 3.61. The number of carbonyl (C=O) groups is 1. The highest BCUT2D eigenvalue weighted by Crippen LogP contribution is 2.21. The molecule has 0 fully saturated rings. The van der Waals surface area contributed by atoms with Crippen molar-refractivity contribution in [2.45, 2.75) is 20.3 Å². The van der Waals surface area contributed by atoms with E-state index < -0.39 is 0 Å². The predicted octanol–water partition coefficient (Wildman–Crippen LogP) is 3.81. The molecule has 0 unspecified atom stereocenters. The Labute approximate surface area is 140 Å². The number of nitrogens with zero attached hydrogens (tertiary/aromatic N) is 2. The highest BCUT2D eigenvalue weighted by atomic mass is 16.5. The second-order valence-electron chi connectivity index (χ2n) is 5.39. The van der Waals surface area contributed by atoms with Crippen molar-refractivity contribution in [2.24, 2.45) is 0 Å². The van der Waals surface area contributed by atoms with Crippen molar-refractivity contribution in [3.8, 4) is 11.1 Å². The van der Waals surface area contributed by atoms with Crippen LogP contribution in [0.2, 0.25) is 0 Å². The minimum atomic E-state index is -0.297. The Balaban J connectivity index is 1.72. The number of aryl methyl sites for hydroxylation is 1. The van der Waals surface area contributed by atoms with E-state index in [-0.39, 0.29) is 5.97 Å². The van der Waals surface area contributed by atoms with Crippen LogP contribution in [0.25, 0.3) is 11.1 Å². The van der Waals surface area contributed by atoms with Gasteiger partial charge in [-0.15, -0.1) is 10.2 Å². The predicted molar refractivity (Wildman–Crippen MR) is 89.7 cm³/mol. The van der Waals surface area contributed by atoms with E-state index in [9.17, 15) is 4.79 Å². The summed E-state index contributed by atoms with van der Waals surface area (Å²) < 4.78 is 10.4. The summed E-state index contributed by atoms with van der Waals surface area (Å²) in [5, 5.41) is 7.83. The number of benzene rings is 2. The first-order chi connectivity index (χ1) is 11.7. The molecule has 5 nitrogen and oxygen atoms in total. The molecular weight excluding hydrogens is 304 g/mol. The molecular formula is C19H18N2O3. The lowest BCUT2D eigenvalue weighted by atomic mass is 10.0. The van der Waals surface area contributed by atoms with Gasteiger partial charge in [0.2, 0.25) is 11.8 Å². The third kappa shape index (κ3) is 3.68. The monoisotopic (exact) mass is 322 g/mol. The van der Waals surface area contributed by atoms with Crippen LogP contribution in [0.15, 0.2) is 52.9 Å². The van der Waals surface area contributed by atoms with Crippen LogP contribution in [-0.2, 0) is 11.2 Å². The molecule has 0 bridgehead atoms. The molecule has 0 N–H and O–H groups in total. The molecule has 0 saturated carbocycles. The Morgan fingerprint density at radius 1 is 1.00 bits per heavy atom. The maximum atomic E-state index is 11.7. The normalized spacial score (nSPS) is 10.6. The molecule has 0 atom stereocenters. The average Bonchev–Trinajstić information content (AvgIpc) is 3.01. The van der Waals surface area contributed by atoms with Crippen molar-refractivity contribution in [1.82, 2.24) is 10.2 Å². The van der Waals surface area contributed by atoms with Crippen LogP contribution in [0.1, 0.15) is 34.6 Å². The number of aromatic nitrogens is 2. The SMILES string of the molecule is CCOC(=O)c1ccc(-c2ccc(Cc3nnc(C)o3)cc2)cc1. The number of rotatable bonds is 5. The Hall–Kier alpha value is -2.95. The van der Waals surface area contributed by atoms with Gasteiger partial charge in [-0.25, -0.2) is 4.79 Å². The van der Waals surface area contributed by atoms with Gasteiger partial charge in [0, 0.05) is 6.92 Å². The van der Waals surface area contributed by atoms with Crippen molar-refractivity contribution in [1.29, 1.82) is 0 Å². The van der Waals surface area contributed by atoms with Gasteiger partial charge in [-0.3, -0.25) is 0 Å². The quantitative estimate of drug-likeness (QED) is 0.668. The smallest absolute Gasteiger partial charge is 0.338 e. The summed E-state index contributed by atoms with van der Waals surface area (Å²) in [6.07, 6.45) is 0.614. The van der Waals surface area contributed by atoms with Crippen LogP contribution in [0.4, 0.5) is 0 Å². The molecule has 5 heteroatoms. The van der Waals surface area contributed by atoms with Gasteiger partial charge in [0.05, 0.1) is 18.6 Å². The highest BCUT2D eigenvalue weighted by molar-refractivity contribution is 5.90. The van der Waals surface area contributed by atoms with Gasteiger partial charge in [0.15, 0.2) is 0 Å². The van der Waals surface area contributed by atoms with E-state index in [0.29, 0.717) is 30.4 Å². The van der Waals surface area contributed by atoms with Crippen LogP contribution in [0, 0.1) is 6.92 Å². The van der Waals surface area contributed by atoms with Crippen LogP contribution in [0.5, 0.6) is 0 Å². The van der Waals surface area contributed by atoms with E-state index in [1.54, 1.807) is 26.0 Å². The van der Waals surface area contributed by atoms with E-state index in [1.807, 2.05) is 36.4 Å². The molecule has 3 aromatic rings. The number of carbonyl (C=O) groups excluding carboxylic acids is 1. The third-order valence-corrected chi connectivity index (χ3v) is 3.61. The molecule has 122 valence electrons. The van der Waals surface area contributed by atoms with Gasteiger partial charge in [-0.05, 0) is 35.7 Å². The Kier molecular flexibility index (Phi) is 4.70. The van der Waals surface area contributed by atoms with E-state index in [1.165, 1.54) is 0 Å². The van der Waals surface area contributed by atoms with Gasteiger partial charge in [-0.2, -0.15) is 0 Å². The minimum Gasteiger partial charge on any atom is -0.462 e. The van der Waals surface area contributed by atoms with Gasteiger partial charge in [0.1, 0.15) is 0 Å². The second kappa shape index (κ2) is 7.08. The molecule has 1 heterocycles. The first-order valence-corrected chi connectivity index (χ1v) is 7.81. The van der Waals surface area contributed by atoms with Gasteiger partial charge in [-0.1, -0.05) is 36.4 Å². The standard InChI is InChI=1S/C19H18N2O3/c1-3-23-19(22)17-10-8-16(9-11-17)15-6-4-14(5-7-15)12-18-21-20-13(2)24-18/h4-11H,3,12H2,1-2H3. The van der Waals surface area contributed by atoms with E-state index in [2.05, 4.69) is 10.2 Å². The topological polar surface area (TPSA) is 65.2 Å². The van der Waals surface area contributed by atoms with Crippen molar-refractivity contribution in [3.63, 3.8) is 0 Å². The summed E-state index contributed by atoms with van der Waals surface area (Å²) in [7, 11) is 0. The zero-order valence-electron chi connectivity index (χ0n) is 13.7. The number of ether oxygens (including phenoxy) is 1. The van der Waals surface area contributed by atoms with Crippen LogP contribution in [0.3, 0.4) is 0 Å². The Morgan fingerprint density at radius 2 is 1.62 bits per heavy atom. The van der Waals surface area contributed by atoms with Gasteiger partial charge in [0.25, 0.3) is 0 Å². The summed E-state index contributed by atoms with van der Waals surface area (Å²) >= 11 is 0. The molecule has 0 aliphatic rings. The second-order valence-corrected chi connectivity index (χ2v) is 5.39. The molecule has 1 aromatic heterocycles. The molecule has 0 aliphatic carbocycles. The molecule has 0 aliphatic heterocycles. The summed E-state index contributed by atoms with van der Waals surface area (Å²) in [5.41, 5.74) is 3.79. The zero-order chi connectivity index (χ0) is 16.9. The van der Waals surface area contributed by atoms with E-state index >= 15 is 0 Å². The van der Waals surface area contributed by atoms with Crippen LogP contribution in [-0.4, -0.2) is 22.8 Å². The first-order valence-electron chi connectivity index (χ1n) is 7.81. The lowest BCUT2D eigenvalue weighted by Crippen LogP contribution is -2.03. The molecule has 0 amide bonds. The highest BCUT2D eigenvalue weighted by Gasteiger charge is 2.07. The Bertz CT molecular complexity index is 821. The summed E-state index contributed by atoms with van der Waals surface area (Å²) in [6.45, 7) is 3.95. The van der Waals surface area contributed by atoms with Crippen molar-refractivity contribution < 1.29 is 13.9 Å². The number of esters is 1. The fraction of sp³-hybridized carbons (Fsp3) is 0.211. The lowest BCUT2D eigenvalue weighted by molar-refractivity contribution is 0.0526. The van der Waals surface area contributed by atoms with Crippen LogP contribution >= 0.6 is 0 Å².